The summed E-state index contributed by atoms with van der Waals surface area (Å²) in [7, 11) is -1.65. The van der Waals surface area contributed by atoms with Crippen molar-refractivity contribution in [2.24, 2.45) is 0 Å². The van der Waals surface area contributed by atoms with Crippen molar-refractivity contribution in [2.45, 2.75) is 5.92 Å². The van der Waals surface area contributed by atoms with Gasteiger partial charge < -0.3 is 0 Å². The minimum atomic E-state index is -0.831. The Kier molecular flexibility index (Phi) is 9.61. The van der Waals surface area contributed by atoms with Crippen LogP contribution in [-0.4, -0.2) is 0 Å². The van der Waals surface area contributed by atoms with Crippen molar-refractivity contribution >= 4 is 59.2 Å². The van der Waals surface area contributed by atoms with Crippen LogP contribution in [0.1, 0.15) is 22.6 Å². The molecule has 7 aromatic rings. The van der Waals surface area contributed by atoms with Crippen LogP contribution in [0.15, 0.2) is 188 Å². The molecule has 0 nitrogen and oxygen atoms in total. The average Bonchev–Trinajstić information content (AvgIpc) is 3.14. The molecule has 1 aliphatic carbocycles. The Hall–Kier alpha value is -4.11. The van der Waals surface area contributed by atoms with E-state index in [4.69, 9.17) is 0 Å². The van der Waals surface area contributed by atoms with Crippen LogP contribution in [0.4, 0.5) is 0 Å². The zero-order valence-electron chi connectivity index (χ0n) is 25.8. The second-order valence-corrected chi connectivity index (χ2v) is 16.0. The summed E-state index contributed by atoms with van der Waals surface area (Å²) in [5, 5.41) is 9.54. The Labute approximate surface area is 293 Å². The normalized spacial score (nSPS) is 13.8. The van der Waals surface area contributed by atoms with E-state index in [1.165, 1.54) is 59.6 Å². The first-order chi connectivity index (χ1) is 22.9. The van der Waals surface area contributed by atoms with Crippen molar-refractivity contribution in [3.05, 3.63) is 210 Å². The summed E-state index contributed by atoms with van der Waals surface area (Å²) in [5.74, 6) is 0.0891. The summed E-state index contributed by atoms with van der Waals surface area (Å²) in [5.41, 5.74) is 5.59. The third-order valence-electron chi connectivity index (χ3n) is 8.83. The molecular formula is C44H33P2Ru+. The standard InChI is InChI=1S/C44H33P2.Ru/c1-5-19-35(20-6-1)45(36-21-7-2-8-22-36)41-31-29-33-17-13-15-27-39(33)43(41)44-40-28-16-14-18-34(40)30-32-42(44)46(37-23-9-3-10-24-37)38-25-11-4-12-26-38;/h1-32,43H;/q-1;+2. The maximum atomic E-state index is 2.46. The van der Waals surface area contributed by atoms with Gasteiger partial charge in [0.25, 0.3) is 0 Å². The van der Waals surface area contributed by atoms with Gasteiger partial charge in [-0.15, -0.1) is 13.5 Å². The molecule has 0 aliphatic heterocycles. The van der Waals surface area contributed by atoms with E-state index in [0.717, 1.165) is 0 Å². The van der Waals surface area contributed by atoms with Gasteiger partial charge in [0.1, 0.15) is 0 Å². The molecule has 1 aliphatic rings. The number of hydrogen-bond donors (Lipinski definition) is 0. The fourth-order valence-electron chi connectivity index (χ4n) is 6.83. The third-order valence-corrected chi connectivity index (χ3v) is 13.9. The topological polar surface area (TPSA) is 0 Å². The predicted molar refractivity (Wildman–Crippen MR) is 202 cm³/mol. The summed E-state index contributed by atoms with van der Waals surface area (Å²) < 4.78 is 0. The Bertz CT molecular complexity index is 2030. The molecule has 1 unspecified atom stereocenters. The molecule has 0 spiro atoms. The summed E-state index contributed by atoms with van der Waals surface area (Å²) >= 11 is 0. The van der Waals surface area contributed by atoms with Crippen LogP contribution in [0, 0.1) is 5.66 Å². The third kappa shape index (κ3) is 6.18. The smallest absolute Gasteiger partial charge is 0.219 e. The molecule has 7 aromatic carbocycles. The van der Waals surface area contributed by atoms with E-state index in [1.54, 1.807) is 0 Å². The number of hydrogen-bond acceptors (Lipinski definition) is 0. The molecule has 0 heterocycles. The van der Waals surface area contributed by atoms with Gasteiger partial charge in [-0.05, 0) is 56.7 Å². The van der Waals surface area contributed by atoms with Gasteiger partial charge in [-0.3, -0.25) is 0 Å². The summed E-state index contributed by atoms with van der Waals surface area (Å²) in [6.45, 7) is 0. The minimum absolute atomic E-state index is 0. The van der Waals surface area contributed by atoms with E-state index >= 15 is 0 Å². The Balaban J connectivity index is 0.00000351. The van der Waals surface area contributed by atoms with Gasteiger partial charge in [-0.2, -0.15) is 5.66 Å². The molecule has 0 amide bonds. The van der Waals surface area contributed by atoms with Crippen molar-refractivity contribution in [2.75, 3.05) is 0 Å². The number of fused-ring (bicyclic) bond motifs is 2. The molecule has 0 radical (unpaired) electrons. The zero-order valence-corrected chi connectivity index (χ0v) is 29.3. The number of allylic oxidation sites excluding steroid dienone is 1. The summed E-state index contributed by atoms with van der Waals surface area (Å²) in [4.78, 5) is 0. The molecule has 0 saturated heterocycles. The van der Waals surface area contributed by atoms with Crippen molar-refractivity contribution in [3.8, 4) is 0 Å². The maximum absolute atomic E-state index is 2.46. The molecule has 226 valence electrons. The molecule has 0 N–H and O–H groups in total. The van der Waals surface area contributed by atoms with E-state index in [9.17, 15) is 0 Å². The summed E-state index contributed by atoms with van der Waals surface area (Å²) in [6, 6.07) is 67.4. The molecule has 3 heteroatoms. The number of benzene rings is 7. The largest absolute Gasteiger partial charge is 2.00 e. The minimum Gasteiger partial charge on any atom is -0.219 e. The molecule has 8 rings (SSSR count). The van der Waals surface area contributed by atoms with Crippen LogP contribution in [0.3, 0.4) is 0 Å². The van der Waals surface area contributed by atoms with E-state index in [-0.39, 0.29) is 25.4 Å². The van der Waals surface area contributed by atoms with E-state index in [2.05, 4.69) is 194 Å². The SMILES string of the molecule is C1=C[C-](P(c2ccccc2)c2ccccc2)C(c2c(P(c3ccccc3)c3ccccc3)ccc3ccccc23)c2ccccc21.[Ru+2]. The first kappa shape index (κ1) is 31.5. The average molecular weight is 725 g/mol. The van der Waals surface area contributed by atoms with Crippen LogP contribution >= 0.6 is 15.8 Å². The van der Waals surface area contributed by atoms with Crippen LogP contribution in [-0.2, 0) is 19.5 Å². The Morgan fingerprint density at radius 3 is 1.53 bits per heavy atom. The molecule has 0 saturated carbocycles. The fourth-order valence-corrected chi connectivity index (χ4v) is 11.9. The van der Waals surface area contributed by atoms with Gasteiger partial charge >= 0.3 is 19.5 Å². The van der Waals surface area contributed by atoms with Gasteiger partial charge in [0.05, 0.1) is 0 Å². The van der Waals surface area contributed by atoms with E-state index in [1.807, 2.05) is 0 Å². The molecule has 47 heavy (non-hydrogen) atoms. The van der Waals surface area contributed by atoms with Crippen molar-refractivity contribution in [3.63, 3.8) is 0 Å². The van der Waals surface area contributed by atoms with Gasteiger partial charge in [-0.1, -0.05) is 188 Å². The molecule has 0 fully saturated rings. The van der Waals surface area contributed by atoms with Crippen molar-refractivity contribution in [1.82, 2.24) is 0 Å². The van der Waals surface area contributed by atoms with Gasteiger partial charge in [0.15, 0.2) is 0 Å². The monoisotopic (exact) mass is 725 g/mol. The van der Waals surface area contributed by atoms with Gasteiger partial charge in [0, 0.05) is 0 Å². The fraction of sp³-hybridized carbons (Fsp3) is 0.0227. The van der Waals surface area contributed by atoms with Crippen molar-refractivity contribution < 1.29 is 19.5 Å². The van der Waals surface area contributed by atoms with E-state index in [0.29, 0.717) is 0 Å². The second-order valence-electron chi connectivity index (χ2n) is 11.6. The van der Waals surface area contributed by atoms with Gasteiger partial charge in [-0.25, -0.2) is 12.2 Å². The second kappa shape index (κ2) is 14.3. The predicted octanol–water partition coefficient (Wildman–Crippen LogP) is 9.42. The molecule has 0 aromatic heterocycles. The zero-order chi connectivity index (χ0) is 30.7. The molecular weight excluding hydrogens is 692 g/mol. The Morgan fingerprint density at radius 2 is 0.936 bits per heavy atom. The molecule has 0 bridgehead atoms. The van der Waals surface area contributed by atoms with Crippen LogP contribution in [0.25, 0.3) is 16.8 Å². The Morgan fingerprint density at radius 1 is 0.447 bits per heavy atom. The van der Waals surface area contributed by atoms with Crippen LogP contribution < -0.4 is 26.5 Å². The summed E-state index contributed by atoms with van der Waals surface area (Å²) in [6.07, 6.45) is 4.81. The first-order valence-electron chi connectivity index (χ1n) is 15.8. The van der Waals surface area contributed by atoms with Gasteiger partial charge in [0.2, 0.25) is 0 Å². The quantitative estimate of drug-likeness (QED) is 0.0874. The van der Waals surface area contributed by atoms with Crippen LogP contribution in [0.5, 0.6) is 0 Å². The van der Waals surface area contributed by atoms with Crippen molar-refractivity contribution in [1.29, 1.82) is 0 Å². The van der Waals surface area contributed by atoms with Crippen LogP contribution in [0.2, 0.25) is 0 Å². The maximum Gasteiger partial charge on any atom is 2.00 e. The molecule has 1 atom stereocenters. The van der Waals surface area contributed by atoms with E-state index < -0.39 is 15.8 Å². The first-order valence-corrected chi connectivity index (χ1v) is 18.5. The number of rotatable bonds is 7.